The van der Waals surface area contributed by atoms with Crippen molar-refractivity contribution in [1.82, 2.24) is 10.2 Å². The fourth-order valence-corrected chi connectivity index (χ4v) is 4.82. The summed E-state index contributed by atoms with van der Waals surface area (Å²) in [6.45, 7) is 3.11. The molecule has 0 aliphatic carbocycles. The number of aliphatic carboxylic acids is 1. The molecule has 2 saturated heterocycles. The van der Waals surface area contributed by atoms with Gasteiger partial charge in [0.25, 0.3) is 5.91 Å². The Morgan fingerprint density at radius 1 is 1.38 bits per heavy atom. The van der Waals surface area contributed by atoms with Gasteiger partial charge in [0.1, 0.15) is 5.75 Å². The highest BCUT2D eigenvalue weighted by molar-refractivity contribution is 8.01. The highest BCUT2D eigenvalue weighted by atomic mass is 32.2. The molecule has 2 aliphatic rings. The lowest BCUT2D eigenvalue weighted by molar-refractivity contribution is -0.173. The zero-order valence-electron chi connectivity index (χ0n) is 13.3. The van der Waals surface area contributed by atoms with Crippen LogP contribution in [0.1, 0.15) is 20.3 Å². The van der Waals surface area contributed by atoms with E-state index in [0.29, 0.717) is 12.2 Å². The van der Waals surface area contributed by atoms with Gasteiger partial charge in [0, 0.05) is 0 Å². The molecule has 2 heterocycles. The third-order valence-corrected chi connectivity index (χ3v) is 5.85. The number of β-lactam (4-membered cyclic amide) rings is 1. The van der Waals surface area contributed by atoms with Crippen LogP contribution in [0.25, 0.3) is 0 Å². The fourth-order valence-electron chi connectivity index (χ4n) is 3.13. The van der Waals surface area contributed by atoms with Gasteiger partial charge in [-0.3, -0.25) is 14.5 Å². The number of hydrogen-bond acceptors (Lipinski definition) is 5. The van der Waals surface area contributed by atoms with Crippen LogP contribution >= 0.6 is 11.8 Å². The first-order valence-electron chi connectivity index (χ1n) is 7.50. The maximum absolute atomic E-state index is 12.3. The van der Waals surface area contributed by atoms with Crippen LogP contribution in [0.5, 0.6) is 5.75 Å². The smallest absolute Gasteiger partial charge is 0.352 e. The van der Waals surface area contributed by atoms with Gasteiger partial charge in [-0.1, -0.05) is 18.2 Å². The van der Waals surface area contributed by atoms with Crippen molar-refractivity contribution in [3.05, 3.63) is 30.3 Å². The topological polar surface area (TPSA) is 95.9 Å². The summed E-state index contributed by atoms with van der Waals surface area (Å²) in [6.07, 6.45) is 0.291. The molecule has 0 bridgehead atoms. The van der Waals surface area contributed by atoms with Crippen LogP contribution in [-0.2, 0) is 14.4 Å². The molecular weight excluding hydrogens is 332 g/mol. The summed E-state index contributed by atoms with van der Waals surface area (Å²) in [4.78, 5) is 37.5. The lowest BCUT2D eigenvalue weighted by Gasteiger charge is -2.46. The maximum atomic E-state index is 12.3. The Morgan fingerprint density at radius 3 is 2.62 bits per heavy atom. The number of nitrogens with zero attached hydrogens (tertiary/aromatic N) is 1. The van der Waals surface area contributed by atoms with E-state index >= 15 is 0 Å². The Bertz CT molecular complexity index is 693. The molecule has 24 heavy (non-hydrogen) atoms. The van der Waals surface area contributed by atoms with Crippen molar-refractivity contribution in [2.75, 3.05) is 6.61 Å². The van der Waals surface area contributed by atoms with Crippen LogP contribution < -0.4 is 10.1 Å². The third kappa shape index (κ3) is 2.41. The van der Waals surface area contributed by atoms with E-state index in [2.05, 4.69) is 5.32 Å². The van der Waals surface area contributed by atoms with Gasteiger partial charge in [-0.15, -0.1) is 11.8 Å². The Balaban J connectivity index is 1.77. The number of nitrogens with one attached hydrogen (secondary N) is 1. The van der Waals surface area contributed by atoms with E-state index in [-0.39, 0.29) is 17.9 Å². The van der Waals surface area contributed by atoms with Crippen LogP contribution in [0, 0.1) is 0 Å². The summed E-state index contributed by atoms with van der Waals surface area (Å²) in [5, 5.41) is 12.1. The number of rotatable bonds is 5. The number of carboxylic acid groups (broad SMARTS) is 1. The predicted octanol–water partition coefficient (Wildman–Crippen LogP) is 1.05. The zero-order valence-corrected chi connectivity index (χ0v) is 14.1. The molecule has 2 fully saturated rings. The number of carbonyl (C=O) groups is 3. The fraction of sp³-hybridized carbons (Fsp3) is 0.438. The number of ether oxygens (including phenoxy) is 1. The maximum Gasteiger partial charge on any atom is 0.352 e. The van der Waals surface area contributed by atoms with Gasteiger partial charge < -0.3 is 15.2 Å². The molecule has 8 heteroatoms. The van der Waals surface area contributed by atoms with E-state index in [1.165, 1.54) is 16.7 Å². The lowest BCUT2D eigenvalue weighted by atomic mass is 9.90. The number of amides is 2. The Kier molecular flexibility index (Phi) is 3.95. The van der Waals surface area contributed by atoms with Crippen LogP contribution in [0.4, 0.5) is 0 Å². The molecule has 0 saturated carbocycles. The second kappa shape index (κ2) is 5.70. The van der Waals surface area contributed by atoms with E-state index in [9.17, 15) is 19.5 Å². The quantitative estimate of drug-likeness (QED) is 0.771. The zero-order chi connectivity index (χ0) is 17.5. The van der Waals surface area contributed by atoms with Gasteiger partial charge in [0.15, 0.2) is 6.61 Å². The minimum Gasteiger partial charge on any atom is -0.484 e. The monoisotopic (exact) mass is 350 g/mol. The molecule has 3 rings (SSSR count). The van der Waals surface area contributed by atoms with Crippen LogP contribution in [0.2, 0.25) is 0 Å². The molecule has 7 nitrogen and oxygen atoms in total. The van der Waals surface area contributed by atoms with Crippen molar-refractivity contribution >= 4 is 29.5 Å². The molecule has 2 amide bonds. The lowest BCUT2D eigenvalue weighted by Crippen LogP contribution is -2.75. The largest absolute Gasteiger partial charge is 0.484 e. The van der Waals surface area contributed by atoms with Crippen LogP contribution in [-0.4, -0.2) is 50.2 Å². The van der Waals surface area contributed by atoms with Gasteiger partial charge in [-0.2, -0.15) is 0 Å². The van der Waals surface area contributed by atoms with E-state index in [4.69, 9.17) is 4.74 Å². The Hall–Kier alpha value is -2.22. The summed E-state index contributed by atoms with van der Waals surface area (Å²) >= 11 is 1.38. The summed E-state index contributed by atoms with van der Waals surface area (Å²) in [5.74, 6) is -1.60. The van der Waals surface area contributed by atoms with Gasteiger partial charge in [-0.05, 0) is 26.0 Å². The standard InChI is InChI=1S/C16H18N2O5S/c1-15(2)16(14(21)22,18-12(20)8-13(18)24-15)17-11(19)9-23-10-6-4-3-5-7-10/h3-7,13H,8-9H2,1-2H3,(H,17,19)(H,21,22)/t13-,16+/m1/s1. The third-order valence-electron chi connectivity index (χ3n) is 4.31. The van der Waals surface area contributed by atoms with Gasteiger partial charge >= 0.3 is 5.97 Å². The SMILES string of the molecule is CC1(C)S[C@@H]2CC(=O)N2[C@@]1(NC(=O)COc1ccccc1)C(=O)O. The van der Waals surface area contributed by atoms with Crippen molar-refractivity contribution in [3.63, 3.8) is 0 Å². The Labute approximate surface area is 143 Å². The molecule has 1 aromatic rings. The number of carbonyl (C=O) groups excluding carboxylic acids is 2. The van der Waals surface area contributed by atoms with Crippen molar-refractivity contribution in [2.24, 2.45) is 0 Å². The van der Waals surface area contributed by atoms with E-state index in [1.54, 1.807) is 38.1 Å². The van der Waals surface area contributed by atoms with Crippen molar-refractivity contribution < 1.29 is 24.2 Å². The second-order valence-electron chi connectivity index (χ2n) is 6.22. The first kappa shape index (κ1) is 16.6. The Morgan fingerprint density at radius 2 is 2.04 bits per heavy atom. The molecule has 0 spiro atoms. The van der Waals surface area contributed by atoms with Crippen LogP contribution in [0.3, 0.4) is 0 Å². The molecular formula is C16H18N2O5S. The number of fused-ring (bicyclic) bond motifs is 1. The molecule has 0 aromatic heterocycles. The number of para-hydroxylation sites is 1. The number of hydrogen-bond donors (Lipinski definition) is 2. The highest BCUT2D eigenvalue weighted by Gasteiger charge is 2.70. The summed E-state index contributed by atoms with van der Waals surface area (Å²) in [6, 6.07) is 8.76. The van der Waals surface area contributed by atoms with Crippen molar-refractivity contribution in [3.8, 4) is 5.75 Å². The van der Waals surface area contributed by atoms with Crippen LogP contribution in [0.15, 0.2) is 30.3 Å². The average molecular weight is 350 g/mol. The van der Waals surface area contributed by atoms with Crippen molar-refractivity contribution in [1.29, 1.82) is 0 Å². The minimum atomic E-state index is -1.77. The van der Waals surface area contributed by atoms with Gasteiger partial charge in [-0.25, -0.2) is 4.79 Å². The summed E-state index contributed by atoms with van der Waals surface area (Å²) < 4.78 is 4.50. The van der Waals surface area contributed by atoms with E-state index < -0.39 is 22.3 Å². The van der Waals surface area contributed by atoms with Crippen molar-refractivity contribution in [2.45, 2.75) is 36.1 Å². The normalized spacial score (nSPS) is 27.2. The molecule has 2 atom stereocenters. The summed E-state index contributed by atoms with van der Waals surface area (Å²) in [7, 11) is 0. The molecule has 2 aliphatic heterocycles. The minimum absolute atomic E-state index is 0.223. The average Bonchev–Trinajstić information content (AvgIpc) is 2.70. The number of carboxylic acids is 1. The first-order chi connectivity index (χ1) is 11.3. The summed E-state index contributed by atoms with van der Waals surface area (Å²) in [5.41, 5.74) is -1.77. The van der Waals surface area contributed by atoms with Gasteiger partial charge in [0.2, 0.25) is 11.6 Å². The number of benzene rings is 1. The van der Waals surface area contributed by atoms with E-state index in [1.807, 2.05) is 6.07 Å². The molecule has 128 valence electrons. The molecule has 0 radical (unpaired) electrons. The highest BCUT2D eigenvalue weighted by Crippen LogP contribution is 2.55. The molecule has 1 aromatic carbocycles. The first-order valence-corrected chi connectivity index (χ1v) is 8.38. The number of thioether (sulfide) groups is 1. The van der Waals surface area contributed by atoms with E-state index in [0.717, 1.165) is 0 Å². The molecule has 2 N–H and O–H groups in total. The van der Waals surface area contributed by atoms with Gasteiger partial charge in [0.05, 0.1) is 16.5 Å². The second-order valence-corrected chi connectivity index (χ2v) is 8.02. The molecule has 0 unspecified atom stereocenters. The predicted molar refractivity (Wildman–Crippen MR) is 87.4 cm³/mol.